The Morgan fingerprint density at radius 2 is 1.68 bits per heavy atom. The molecule has 0 aromatic carbocycles. The number of carbonyl (C=O) groups excluding carboxylic acids is 1. The highest BCUT2D eigenvalue weighted by molar-refractivity contribution is 6.01. The number of hydrogen-bond donors (Lipinski definition) is 3. The molecule has 8 atom stereocenters. The number of aliphatic hydroxyl groups is 3. The van der Waals surface area contributed by atoms with Gasteiger partial charge in [0.15, 0.2) is 11.4 Å². The molecule has 0 radical (unpaired) electrons. The Kier molecular flexibility index (Phi) is 6.68. The average molecular weight is 523 g/mol. The molecule has 2 heterocycles. The molecule has 5 rings (SSSR count). The van der Waals surface area contributed by atoms with Crippen molar-refractivity contribution in [3.05, 3.63) is 69.9 Å². The third-order valence-electron chi connectivity index (χ3n) is 8.96. The summed E-state index contributed by atoms with van der Waals surface area (Å²) in [5.74, 6) is -0.0125. The van der Waals surface area contributed by atoms with Gasteiger partial charge in [-0.05, 0) is 71.1 Å². The Morgan fingerprint density at radius 1 is 1.03 bits per heavy atom. The number of ether oxygens (including phenoxy) is 2. The first-order chi connectivity index (χ1) is 17.8. The Hall–Kier alpha value is -2.09. The number of rotatable bonds is 5. The van der Waals surface area contributed by atoms with Crippen LogP contribution in [0.1, 0.15) is 73.6 Å². The Bertz CT molecular complexity index is 1220. The summed E-state index contributed by atoms with van der Waals surface area (Å²) in [4.78, 5) is 14.5. The maximum atomic E-state index is 14.5. The number of Topliss-reactive ketones (excluding diaryl/α,β-unsaturated/α-hetero) is 1. The Balaban J connectivity index is 1.66. The fourth-order valence-corrected chi connectivity index (χ4v) is 7.12. The summed E-state index contributed by atoms with van der Waals surface area (Å²) in [6, 6.07) is 0. The molecule has 5 aliphatic rings. The van der Waals surface area contributed by atoms with Crippen molar-refractivity contribution in [2.24, 2.45) is 5.41 Å². The number of allylic oxidation sites excluding steroid dienone is 8. The van der Waals surface area contributed by atoms with Gasteiger partial charge in [0.25, 0.3) is 0 Å². The highest BCUT2D eigenvalue weighted by Gasteiger charge is 2.74. The van der Waals surface area contributed by atoms with E-state index in [4.69, 9.17) is 9.47 Å². The van der Waals surface area contributed by atoms with Gasteiger partial charge >= 0.3 is 0 Å². The Labute approximate surface area is 226 Å². The molecule has 4 fully saturated rings. The second kappa shape index (κ2) is 9.24. The predicted octanol–water partition coefficient (Wildman–Crippen LogP) is 4.57. The molecule has 38 heavy (non-hydrogen) atoms. The second-order valence-corrected chi connectivity index (χ2v) is 12.8. The van der Waals surface area contributed by atoms with Crippen LogP contribution in [0.25, 0.3) is 0 Å². The fourth-order valence-electron chi connectivity index (χ4n) is 7.12. The first-order valence-electron chi connectivity index (χ1n) is 13.8. The molecule has 206 valence electrons. The molecule has 1 spiro atoms. The molecule has 3 N–H and O–H groups in total. The van der Waals surface area contributed by atoms with Gasteiger partial charge in [-0.15, -0.1) is 0 Å². The van der Waals surface area contributed by atoms with Crippen molar-refractivity contribution in [2.75, 3.05) is 0 Å². The van der Waals surface area contributed by atoms with Crippen LogP contribution in [0.2, 0.25) is 0 Å². The van der Waals surface area contributed by atoms with Gasteiger partial charge in [-0.1, -0.05) is 53.2 Å². The van der Waals surface area contributed by atoms with E-state index in [1.165, 1.54) is 0 Å². The van der Waals surface area contributed by atoms with Gasteiger partial charge < -0.3 is 24.8 Å². The zero-order valence-electron chi connectivity index (χ0n) is 23.5. The molecule has 2 saturated heterocycles. The molecule has 6 heteroatoms. The standard InChI is InChI=1S/C32H42O6/c1-17(2)8-10-31-26(35)22(14-24(33)27(31)37-31)21-13-20(7)15-30(23(21)12-19(5)6)16-25(34)28-32(38-28,29(30)36)11-9-18(3)4/h8-9,12-13,24-28,33-35H,5,10-11,14-16H2,1-4,6-7H3/b22-21+,23-12?/t24-,25-,26+,27-,28-,30+,31+,32-/m0/s1. The van der Waals surface area contributed by atoms with Gasteiger partial charge in [0.1, 0.15) is 23.9 Å². The summed E-state index contributed by atoms with van der Waals surface area (Å²) in [5.41, 5.74) is 3.23. The van der Waals surface area contributed by atoms with E-state index in [-0.39, 0.29) is 18.6 Å². The topological polar surface area (TPSA) is 103 Å². The summed E-state index contributed by atoms with van der Waals surface area (Å²) in [6.45, 7) is 16.0. The minimum absolute atomic E-state index is 0.0125. The van der Waals surface area contributed by atoms with E-state index in [1.54, 1.807) is 0 Å². The van der Waals surface area contributed by atoms with Gasteiger partial charge in [-0.25, -0.2) is 0 Å². The van der Waals surface area contributed by atoms with E-state index in [0.717, 1.165) is 33.4 Å². The maximum absolute atomic E-state index is 14.5. The van der Waals surface area contributed by atoms with Gasteiger partial charge in [0, 0.05) is 19.3 Å². The van der Waals surface area contributed by atoms with Crippen LogP contribution < -0.4 is 0 Å². The number of carbonyl (C=O) groups is 1. The predicted molar refractivity (Wildman–Crippen MR) is 146 cm³/mol. The fraction of sp³-hybridized carbons (Fsp3) is 0.594. The van der Waals surface area contributed by atoms with Crippen LogP contribution in [0.4, 0.5) is 0 Å². The first kappa shape index (κ1) is 27.5. The molecule has 0 amide bonds. The zero-order valence-corrected chi connectivity index (χ0v) is 23.5. The van der Waals surface area contributed by atoms with E-state index >= 15 is 0 Å². The Morgan fingerprint density at radius 3 is 2.32 bits per heavy atom. The second-order valence-electron chi connectivity index (χ2n) is 12.8. The van der Waals surface area contributed by atoms with Crippen molar-refractivity contribution in [2.45, 2.75) is 115 Å². The van der Waals surface area contributed by atoms with Crippen molar-refractivity contribution in [3.63, 3.8) is 0 Å². The zero-order chi connectivity index (χ0) is 27.8. The van der Waals surface area contributed by atoms with Gasteiger partial charge in [-0.3, -0.25) is 4.79 Å². The first-order valence-corrected chi connectivity index (χ1v) is 13.8. The lowest BCUT2D eigenvalue weighted by Gasteiger charge is -2.45. The lowest BCUT2D eigenvalue weighted by Crippen LogP contribution is -2.53. The van der Waals surface area contributed by atoms with Crippen LogP contribution in [-0.2, 0) is 14.3 Å². The molecule has 0 bridgehead atoms. The normalized spacial score (nSPS) is 44.2. The molecule has 2 saturated carbocycles. The number of ketones is 1. The number of epoxide rings is 2. The monoisotopic (exact) mass is 522 g/mol. The van der Waals surface area contributed by atoms with Crippen LogP contribution in [0.5, 0.6) is 0 Å². The van der Waals surface area contributed by atoms with Crippen molar-refractivity contribution >= 4 is 5.78 Å². The largest absolute Gasteiger partial charge is 0.390 e. The van der Waals surface area contributed by atoms with Gasteiger partial charge in [0.2, 0.25) is 0 Å². The summed E-state index contributed by atoms with van der Waals surface area (Å²) in [6.07, 6.45) is 6.51. The third kappa shape index (κ3) is 4.16. The highest BCUT2D eigenvalue weighted by atomic mass is 16.6. The van der Waals surface area contributed by atoms with Crippen LogP contribution >= 0.6 is 0 Å². The number of aliphatic hydroxyl groups excluding tert-OH is 3. The lowest BCUT2D eigenvalue weighted by atomic mass is 9.56. The average Bonchev–Trinajstić information content (AvgIpc) is 3.73. The molecule has 0 aromatic rings. The minimum Gasteiger partial charge on any atom is -0.390 e. The van der Waals surface area contributed by atoms with Crippen LogP contribution in [0.15, 0.2) is 69.9 Å². The summed E-state index contributed by atoms with van der Waals surface area (Å²) in [7, 11) is 0. The molecule has 6 nitrogen and oxygen atoms in total. The molecule has 2 aliphatic heterocycles. The van der Waals surface area contributed by atoms with E-state index in [1.807, 2.05) is 65.8 Å². The van der Waals surface area contributed by atoms with Crippen molar-refractivity contribution in [1.29, 1.82) is 0 Å². The number of hydrogen-bond acceptors (Lipinski definition) is 6. The SMILES string of the molecule is C=C(C)C=C1/C(=C2\C[C@H](O)[C@@H]3O[C@]3(CC=C(C)C)[C@@H]2O)C=C(C)C[C@@]12C[C@H](O)[C@@H]1O[C@]1(CC=C(C)C)C2=O. The third-order valence-corrected chi connectivity index (χ3v) is 8.96. The maximum Gasteiger partial charge on any atom is 0.178 e. The van der Waals surface area contributed by atoms with Crippen LogP contribution in [0.3, 0.4) is 0 Å². The highest BCUT2D eigenvalue weighted by Crippen LogP contribution is 2.62. The molecule has 0 aromatic heterocycles. The van der Waals surface area contributed by atoms with Gasteiger partial charge in [-0.2, -0.15) is 0 Å². The molecule has 3 aliphatic carbocycles. The van der Waals surface area contributed by atoms with E-state index < -0.39 is 47.1 Å². The van der Waals surface area contributed by atoms with E-state index in [9.17, 15) is 20.1 Å². The molecular formula is C32H42O6. The molecule has 0 unspecified atom stereocenters. The van der Waals surface area contributed by atoms with E-state index in [2.05, 4.69) is 6.58 Å². The summed E-state index contributed by atoms with van der Waals surface area (Å²) >= 11 is 0. The smallest absolute Gasteiger partial charge is 0.178 e. The molecular weight excluding hydrogens is 480 g/mol. The minimum atomic E-state index is -1.05. The summed E-state index contributed by atoms with van der Waals surface area (Å²) < 4.78 is 12.0. The van der Waals surface area contributed by atoms with Crippen molar-refractivity contribution in [1.82, 2.24) is 0 Å². The lowest BCUT2D eigenvalue weighted by molar-refractivity contribution is -0.135. The van der Waals surface area contributed by atoms with E-state index in [0.29, 0.717) is 24.8 Å². The van der Waals surface area contributed by atoms with Gasteiger partial charge in [0.05, 0.1) is 17.6 Å². The van der Waals surface area contributed by atoms with Crippen LogP contribution in [-0.4, -0.2) is 62.8 Å². The van der Waals surface area contributed by atoms with Crippen molar-refractivity contribution in [3.8, 4) is 0 Å². The number of fused-ring (bicyclic) bond motifs is 2. The van der Waals surface area contributed by atoms with Crippen LogP contribution in [0, 0.1) is 5.41 Å². The quantitative estimate of drug-likeness (QED) is 0.361. The van der Waals surface area contributed by atoms with Crippen molar-refractivity contribution < 1.29 is 29.6 Å². The summed E-state index contributed by atoms with van der Waals surface area (Å²) in [5, 5.41) is 34.0.